The van der Waals surface area contributed by atoms with Crippen LogP contribution in [0.25, 0.3) is 0 Å². The van der Waals surface area contributed by atoms with E-state index in [1.54, 1.807) is 24.3 Å². The van der Waals surface area contributed by atoms with Crippen LogP contribution in [0.3, 0.4) is 0 Å². The maximum Gasteiger partial charge on any atom is 0.223 e. The van der Waals surface area contributed by atoms with Crippen LogP contribution < -0.4 is 21.1 Å². The number of ether oxygens (including phenoxy) is 1. The molecule has 110 valence electrons. The van der Waals surface area contributed by atoms with Crippen LogP contribution in [0, 0.1) is 0 Å². The molecule has 8 heteroatoms. The highest BCUT2D eigenvalue weighted by Gasteiger charge is 2.07. The van der Waals surface area contributed by atoms with Crippen LogP contribution >= 0.6 is 11.6 Å². The minimum Gasteiger partial charge on any atom is -0.495 e. The van der Waals surface area contributed by atoms with Gasteiger partial charge in [-0.15, -0.1) is 0 Å². The molecule has 2 aromatic rings. The summed E-state index contributed by atoms with van der Waals surface area (Å²) in [5.41, 5.74) is 6.76. The lowest BCUT2D eigenvalue weighted by Gasteiger charge is -2.12. The summed E-state index contributed by atoms with van der Waals surface area (Å²) in [6, 6.07) is 6.75. The highest BCUT2D eigenvalue weighted by atomic mass is 35.5. The lowest BCUT2D eigenvalue weighted by atomic mass is 10.2. The fraction of sp³-hybridized carbons (Fsp3) is 0.154. The third kappa shape index (κ3) is 3.96. The molecule has 0 fully saturated rings. The fourth-order valence-corrected chi connectivity index (χ4v) is 1.91. The summed E-state index contributed by atoms with van der Waals surface area (Å²) in [7, 11) is 1.53. The first-order chi connectivity index (χ1) is 9.97. The third-order valence-electron chi connectivity index (χ3n) is 2.49. The van der Waals surface area contributed by atoms with E-state index in [-0.39, 0.29) is 17.0 Å². The fourth-order valence-electron chi connectivity index (χ4n) is 1.72. The largest absolute Gasteiger partial charge is 0.495 e. The van der Waals surface area contributed by atoms with Crippen LogP contribution in [0.1, 0.15) is 6.92 Å². The molecule has 0 unspecified atom stereocenters. The van der Waals surface area contributed by atoms with Crippen molar-refractivity contribution in [3.63, 3.8) is 0 Å². The molecule has 0 atom stereocenters. The zero-order valence-corrected chi connectivity index (χ0v) is 12.2. The van der Waals surface area contributed by atoms with E-state index < -0.39 is 0 Å². The van der Waals surface area contributed by atoms with Crippen molar-refractivity contribution < 1.29 is 9.53 Å². The molecule has 2 rings (SSSR count). The van der Waals surface area contributed by atoms with Crippen molar-refractivity contribution in [2.24, 2.45) is 0 Å². The summed E-state index contributed by atoms with van der Waals surface area (Å²) in [5.74, 6) is 0.878. The molecular formula is C13H14ClN5O2. The van der Waals surface area contributed by atoms with E-state index in [4.69, 9.17) is 22.1 Å². The molecular weight excluding hydrogens is 294 g/mol. The first-order valence-electron chi connectivity index (χ1n) is 6.00. The van der Waals surface area contributed by atoms with Gasteiger partial charge in [-0.25, -0.2) is 4.98 Å². The number of amides is 1. The number of rotatable bonds is 4. The third-order valence-corrected chi connectivity index (χ3v) is 2.69. The molecule has 7 nitrogen and oxygen atoms in total. The van der Waals surface area contributed by atoms with E-state index in [9.17, 15) is 4.79 Å². The van der Waals surface area contributed by atoms with Gasteiger partial charge in [-0.3, -0.25) is 4.79 Å². The predicted octanol–water partition coefficient (Wildman–Crippen LogP) is 2.42. The molecule has 1 aromatic carbocycles. The average molecular weight is 308 g/mol. The lowest BCUT2D eigenvalue weighted by Crippen LogP contribution is -2.07. The standard InChI is InChI=1S/C13H14ClN5O2/c1-7(20)16-9-5-8(3-4-10(9)21-2)17-12-6-11(14)18-13(15)19-12/h3-6H,1-2H3,(H,16,20)(H3,15,17,18,19). The molecule has 0 aliphatic carbocycles. The number of nitrogens with zero attached hydrogens (tertiary/aromatic N) is 2. The second-order valence-corrected chi connectivity index (χ2v) is 4.54. The Kier molecular flexibility index (Phi) is 4.44. The Morgan fingerprint density at radius 2 is 2.10 bits per heavy atom. The normalized spacial score (nSPS) is 10.0. The molecule has 0 aliphatic heterocycles. The Bertz CT molecular complexity index is 657. The van der Waals surface area contributed by atoms with Crippen LogP contribution in [0.5, 0.6) is 5.75 Å². The number of nitrogens with two attached hydrogens (primary N) is 1. The predicted molar refractivity (Wildman–Crippen MR) is 82.0 cm³/mol. The molecule has 21 heavy (non-hydrogen) atoms. The number of nitrogen functional groups attached to an aromatic ring is 1. The van der Waals surface area contributed by atoms with Gasteiger partial charge in [0.2, 0.25) is 11.9 Å². The smallest absolute Gasteiger partial charge is 0.223 e. The number of carbonyl (C=O) groups is 1. The number of hydrogen-bond donors (Lipinski definition) is 3. The molecule has 0 radical (unpaired) electrons. The van der Waals surface area contributed by atoms with Crippen LogP contribution in [-0.4, -0.2) is 23.0 Å². The molecule has 1 amide bonds. The number of hydrogen-bond acceptors (Lipinski definition) is 6. The summed E-state index contributed by atoms with van der Waals surface area (Å²) in [6.45, 7) is 1.42. The average Bonchev–Trinajstić information content (AvgIpc) is 2.37. The van der Waals surface area contributed by atoms with Crippen molar-refractivity contribution in [3.8, 4) is 5.75 Å². The van der Waals surface area contributed by atoms with Gasteiger partial charge in [-0.2, -0.15) is 4.98 Å². The second kappa shape index (κ2) is 6.27. The summed E-state index contributed by atoms with van der Waals surface area (Å²) >= 11 is 5.82. The van der Waals surface area contributed by atoms with Gasteiger partial charge in [0.05, 0.1) is 12.8 Å². The van der Waals surface area contributed by atoms with E-state index in [2.05, 4.69) is 20.6 Å². The van der Waals surface area contributed by atoms with Gasteiger partial charge in [0, 0.05) is 18.7 Å². The highest BCUT2D eigenvalue weighted by Crippen LogP contribution is 2.29. The van der Waals surface area contributed by atoms with Gasteiger partial charge in [0.25, 0.3) is 0 Å². The zero-order chi connectivity index (χ0) is 15.4. The molecule has 1 heterocycles. The van der Waals surface area contributed by atoms with E-state index in [0.717, 1.165) is 0 Å². The molecule has 4 N–H and O–H groups in total. The number of carbonyl (C=O) groups excluding carboxylic acids is 1. The van der Waals surface area contributed by atoms with Crippen LogP contribution in [0.2, 0.25) is 5.15 Å². The Morgan fingerprint density at radius 1 is 1.33 bits per heavy atom. The van der Waals surface area contributed by atoms with Crippen molar-refractivity contribution in [1.29, 1.82) is 0 Å². The summed E-state index contributed by atoms with van der Waals surface area (Å²) < 4.78 is 5.18. The summed E-state index contributed by atoms with van der Waals surface area (Å²) in [4.78, 5) is 19.0. The maximum absolute atomic E-state index is 11.2. The van der Waals surface area contributed by atoms with Crippen molar-refractivity contribution in [2.45, 2.75) is 6.92 Å². The number of aromatic nitrogens is 2. The first-order valence-corrected chi connectivity index (χ1v) is 6.38. The topological polar surface area (TPSA) is 102 Å². The Labute approximate surface area is 126 Å². The number of anilines is 4. The monoisotopic (exact) mass is 307 g/mol. The Hall–Kier alpha value is -2.54. The highest BCUT2D eigenvalue weighted by molar-refractivity contribution is 6.29. The van der Waals surface area contributed by atoms with Crippen molar-refractivity contribution >= 4 is 40.6 Å². The Balaban J connectivity index is 2.29. The second-order valence-electron chi connectivity index (χ2n) is 4.16. The molecule has 1 aromatic heterocycles. The number of methoxy groups -OCH3 is 1. The number of halogens is 1. The SMILES string of the molecule is COc1ccc(Nc2cc(Cl)nc(N)n2)cc1NC(C)=O. The van der Waals surface area contributed by atoms with Gasteiger partial charge in [0.1, 0.15) is 16.7 Å². The maximum atomic E-state index is 11.2. The van der Waals surface area contributed by atoms with Crippen LogP contribution in [0.4, 0.5) is 23.1 Å². The van der Waals surface area contributed by atoms with Gasteiger partial charge >= 0.3 is 0 Å². The molecule has 0 saturated heterocycles. The minimum absolute atomic E-state index is 0.0700. The van der Waals surface area contributed by atoms with E-state index in [0.29, 0.717) is 22.9 Å². The Morgan fingerprint density at radius 3 is 2.71 bits per heavy atom. The summed E-state index contributed by atoms with van der Waals surface area (Å²) in [5, 5.41) is 5.95. The van der Waals surface area contributed by atoms with Gasteiger partial charge in [-0.1, -0.05) is 11.6 Å². The summed E-state index contributed by atoms with van der Waals surface area (Å²) in [6.07, 6.45) is 0. The van der Waals surface area contributed by atoms with Crippen molar-refractivity contribution in [3.05, 3.63) is 29.4 Å². The molecule has 0 aliphatic rings. The molecule has 0 bridgehead atoms. The van der Waals surface area contributed by atoms with Gasteiger partial charge < -0.3 is 21.1 Å². The molecule has 0 spiro atoms. The van der Waals surface area contributed by atoms with E-state index in [1.807, 2.05) is 0 Å². The zero-order valence-electron chi connectivity index (χ0n) is 11.5. The number of benzene rings is 1. The van der Waals surface area contributed by atoms with Crippen LogP contribution in [-0.2, 0) is 4.79 Å². The van der Waals surface area contributed by atoms with Crippen LogP contribution in [0.15, 0.2) is 24.3 Å². The quantitative estimate of drug-likeness (QED) is 0.750. The lowest BCUT2D eigenvalue weighted by molar-refractivity contribution is -0.114. The first kappa shape index (κ1) is 14.9. The van der Waals surface area contributed by atoms with Crippen molar-refractivity contribution in [1.82, 2.24) is 9.97 Å². The molecule has 0 saturated carbocycles. The van der Waals surface area contributed by atoms with Crippen molar-refractivity contribution in [2.75, 3.05) is 23.5 Å². The minimum atomic E-state index is -0.195. The van der Waals surface area contributed by atoms with Gasteiger partial charge in [0.15, 0.2) is 0 Å². The van der Waals surface area contributed by atoms with E-state index in [1.165, 1.54) is 14.0 Å². The van der Waals surface area contributed by atoms with E-state index >= 15 is 0 Å². The van der Waals surface area contributed by atoms with Gasteiger partial charge in [-0.05, 0) is 18.2 Å². The number of nitrogens with one attached hydrogen (secondary N) is 2.